The molecule has 2 aromatic heterocycles. The fraction of sp³-hybridized carbons (Fsp3) is 0.333. The lowest BCUT2D eigenvalue weighted by atomic mass is 10.2. The largest absolute Gasteiger partial charge is 0.491 e. The van der Waals surface area contributed by atoms with E-state index < -0.39 is 5.97 Å². The maximum Gasteiger partial charge on any atom is 0.341 e. The first-order valence-corrected chi connectivity index (χ1v) is 5.77. The van der Waals surface area contributed by atoms with Gasteiger partial charge in [-0.05, 0) is 0 Å². The van der Waals surface area contributed by atoms with E-state index >= 15 is 0 Å². The normalized spacial score (nSPS) is 11.0. The van der Waals surface area contributed by atoms with Crippen LogP contribution in [0, 0.1) is 0 Å². The van der Waals surface area contributed by atoms with E-state index in [0.29, 0.717) is 22.6 Å². The molecule has 0 aliphatic rings. The van der Waals surface area contributed by atoms with Crippen molar-refractivity contribution in [1.29, 1.82) is 0 Å². The topological polar surface area (TPSA) is 81.3 Å². The Hall–Kier alpha value is -2.64. The van der Waals surface area contributed by atoms with E-state index in [1.807, 2.05) is 14.1 Å². The highest BCUT2D eigenvalue weighted by molar-refractivity contribution is 5.99. The highest BCUT2D eigenvalue weighted by Crippen LogP contribution is 2.31. The first kappa shape index (κ1) is 13.8. The van der Waals surface area contributed by atoms with Crippen molar-refractivity contribution >= 4 is 23.6 Å². The third-order valence-electron chi connectivity index (χ3n) is 2.52. The van der Waals surface area contributed by atoms with Gasteiger partial charge in [-0.15, -0.1) is 0 Å². The van der Waals surface area contributed by atoms with Crippen molar-refractivity contribution in [3.63, 3.8) is 0 Å². The van der Waals surface area contributed by atoms with Crippen LogP contribution in [-0.2, 0) is 4.74 Å². The summed E-state index contributed by atoms with van der Waals surface area (Å²) in [5, 5.41) is 4.04. The van der Waals surface area contributed by atoms with Crippen molar-refractivity contribution in [3.05, 3.63) is 18.1 Å². The molecule has 0 unspecified atom stereocenters. The molecule has 0 amide bonds. The highest BCUT2D eigenvalue weighted by atomic mass is 16.5. The summed E-state index contributed by atoms with van der Waals surface area (Å²) in [7, 11) is 6.48. The number of hydrogen-bond acceptors (Lipinski definition) is 6. The molecule has 0 aliphatic carbocycles. The molecule has 0 saturated carbocycles. The second-order valence-electron chi connectivity index (χ2n) is 4.15. The van der Waals surface area contributed by atoms with Crippen molar-refractivity contribution in [2.24, 2.45) is 4.99 Å². The van der Waals surface area contributed by atoms with Crippen LogP contribution in [0.25, 0.3) is 5.52 Å². The smallest absolute Gasteiger partial charge is 0.341 e. The number of carbonyl (C=O) groups excluding carboxylic acids is 1. The molecule has 106 valence electrons. The molecule has 8 nitrogen and oxygen atoms in total. The van der Waals surface area contributed by atoms with E-state index in [-0.39, 0.29) is 0 Å². The summed E-state index contributed by atoms with van der Waals surface area (Å²) in [6, 6.07) is 0. The summed E-state index contributed by atoms with van der Waals surface area (Å²) in [6.07, 6.45) is 4.47. The van der Waals surface area contributed by atoms with Gasteiger partial charge in [0.1, 0.15) is 17.4 Å². The molecular weight excluding hydrogens is 262 g/mol. The quantitative estimate of drug-likeness (QED) is 0.466. The second-order valence-corrected chi connectivity index (χ2v) is 4.15. The SMILES string of the molecule is COC(=O)c1cnn2cnc(N=CN(C)C)c(OC)c12. The molecule has 0 radical (unpaired) electrons. The van der Waals surface area contributed by atoms with Crippen LogP contribution in [-0.4, -0.2) is 60.1 Å². The summed E-state index contributed by atoms with van der Waals surface area (Å²) in [4.78, 5) is 21.9. The van der Waals surface area contributed by atoms with E-state index in [0.717, 1.165) is 0 Å². The van der Waals surface area contributed by atoms with Gasteiger partial charge in [0.15, 0.2) is 11.6 Å². The van der Waals surface area contributed by atoms with Gasteiger partial charge in [-0.1, -0.05) is 0 Å². The van der Waals surface area contributed by atoms with Crippen LogP contribution >= 0.6 is 0 Å². The Morgan fingerprint density at radius 3 is 2.80 bits per heavy atom. The fourth-order valence-corrected chi connectivity index (χ4v) is 1.66. The van der Waals surface area contributed by atoms with Gasteiger partial charge in [0.25, 0.3) is 0 Å². The Bertz CT molecular complexity index is 662. The number of hydrogen-bond donors (Lipinski definition) is 0. The average molecular weight is 277 g/mol. The maximum atomic E-state index is 11.7. The van der Waals surface area contributed by atoms with Crippen molar-refractivity contribution in [2.45, 2.75) is 0 Å². The third kappa shape index (κ3) is 2.40. The van der Waals surface area contributed by atoms with Gasteiger partial charge in [0.2, 0.25) is 0 Å². The Morgan fingerprint density at radius 2 is 2.20 bits per heavy atom. The van der Waals surface area contributed by atoms with Crippen molar-refractivity contribution in [1.82, 2.24) is 19.5 Å². The van der Waals surface area contributed by atoms with Gasteiger partial charge in [0.05, 0.1) is 26.8 Å². The van der Waals surface area contributed by atoms with Gasteiger partial charge in [0, 0.05) is 14.1 Å². The lowest BCUT2D eigenvalue weighted by Gasteiger charge is -2.08. The predicted octanol–water partition coefficient (Wildman–Crippen LogP) is 0.746. The summed E-state index contributed by atoms with van der Waals surface area (Å²) in [5.74, 6) is 0.231. The molecule has 0 bridgehead atoms. The zero-order valence-corrected chi connectivity index (χ0v) is 11.7. The molecular formula is C12H15N5O3. The van der Waals surface area contributed by atoms with Crippen LogP contribution < -0.4 is 4.74 Å². The number of aromatic nitrogens is 3. The van der Waals surface area contributed by atoms with Gasteiger partial charge in [-0.3, -0.25) is 0 Å². The van der Waals surface area contributed by atoms with Crippen LogP contribution in [0.4, 0.5) is 5.82 Å². The maximum absolute atomic E-state index is 11.7. The molecule has 0 aromatic carbocycles. The molecule has 2 rings (SSSR count). The van der Waals surface area contributed by atoms with Gasteiger partial charge in [-0.25, -0.2) is 19.3 Å². The van der Waals surface area contributed by atoms with Gasteiger partial charge >= 0.3 is 5.97 Å². The average Bonchev–Trinajstić information content (AvgIpc) is 2.87. The zero-order chi connectivity index (χ0) is 14.7. The molecule has 0 N–H and O–H groups in total. The summed E-state index contributed by atoms with van der Waals surface area (Å²) in [5.41, 5.74) is 0.772. The molecule has 2 heterocycles. The Labute approximate surface area is 115 Å². The standard InChI is InChI=1S/C12H15N5O3/c1-16(2)6-13-11-10(19-3)9-8(12(18)20-4)5-15-17(9)7-14-11/h5-7H,1-4H3. The molecule has 0 atom stereocenters. The minimum absolute atomic E-state index is 0.299. The second kappa shape index (κ2) is 5.55. The van der Waals surface area contributed by atoms with E-state index in [1.165, 1.54) is 31.3 Å². The zero-order valence-electron chi connectivity index (χ0n) is 11.7. The van der Waals surface area contributed by atoms with Crippen LogP contribution in [0.2, 0.25) is 0 Å². The fourth-order valence-electron chi connectivity index (χ4n) is 1.66. The summed E-state index contributed by atoms with van der Waals surface area (Å²) in [6.45, 7) is 0. The van der Waals surface area contributed by atoms with E-state index in [4.69, 9.17) is 9.47 Å². The number of esters is 1. The Morgan fingerprint density at radius 1 is 1.45 bits per heavy atom. The Kier molecular flexibility index (Phi) is 3.83. The van der Waals surface area contributed by atoms with E-state index in [9.17, 15) is 4.79 Å². The highest BCUT2D eigenvalue weighted by Gasteiger charge is 2.20. The number of aliphatic imine (C=N–C) groups is 1. The molecule has 0 spiro atoms. The first-order valence-electron chi connectivity index (χ1n) is 5.77. The van der Waals surface area contributed by atoms with Crippen LogP contribution in [0.1, 0.15) is 10.4 Å². The monoisotopic (exact) mass is 277 g/mol. The van der Waals surface area contributed by atoms with Gasteiger partial charge in [-0.2, -0.15) is 5.10 Å². The number of methoxy groups -OCH3 is 2. The number of fused-ring (bicyclic) bond motifs is 1. The third-order valence-corrected chi connectivity index (χ3v) is 2.52. The predicted molar refractivity (Wildman–Crippen MR) is 72.7 cm³/mol. The van der Waals surface area contributed by atoms with Crippen molar-refractivity contribution in [3.8, 4) is 5.75 Å². The lowest BCUT2D eigenvalue weighted by molar-refractivity contribution is 0.0602. The minimum Gasteiger partial charge on any atom is -0.491 e. The molecule has 2 aromatic rings. The molecule has 0 saturated heterocycles. The van der Waals surface area contributed by atoms with E-state index in [2.05, 4.69) is 15.1 Å². The minimum atomic E-state index is -0.493. The molecule has 8 heteroatoms. The van der Waals surface area contributed by atoms with Crippen LogP contribution in [0.3, 0.4) is 0 Å². The van der Waals surface area contributed by atoms with Crippen molar-refractivity contribution < 1.29 is 14.3 Å². The number of rotatable bonds is 4. The van der Waals surface area contributed by atoms with Crippen LogP contribution in [0.5, 0.6) is 5.75 Å². The van der Waals surface area contributed by atoms with Crippen LogP contribution in [0.15, 0.2) is 17.5 Å². The van der Waals surface area contributed by atoms with E-state index in [1.54, 1.807) is 11.2 Å². The first-order chi connectivity index (χ1) is 9.58. The molecule has 20 heavy (non-hydrogen) atoms. The number of nitrogens with zero attached hydrogens (tertiary/aromatic N) is 5. The molecule has 0 aliphatic heterocycles. The molecule has 0 fully saturated rings. The number of ether oxygens (including phenoxy) is 2. The summed E-state index contributed by atoms with van der Waals surface area (Å²) < 4.78 is 11.5. The summed E-state index contributed by atoms with van der Waals surface area (Å²) >= 11 is 0. The Balaban J connectivity index is 2.65. The number of carbonyl (C=O) groups is 1. The van der Waals surface area contributed by atoms with Gasteiger partial charge < -0.3 is 14.4 Å². The van der Waals surface area contributed by atoms with Crippen molar-refractivity contribution in [2.75, 3.05) is 28.3 Å². The lowest BCUT2D eigenvalue weighted by Crippen LogP contribution is -2.07.